The molecule has 162 valence electrons. The maximum absolute atomic E-state index is 13.0. The van der Waals surface area contributed by atoms with Gasteiger partial charge in [0.15, 0.2) is 0 Å². The lowest BCUT2D eigenvalue weighted by Crippen LogP contribution is -2.42. The van der Waals surface area contributed by atoms with Crippen LogP contribution in [0, 0.1) is 5.41 Å². The Morgan fingerprint density at radius 2 is 1.73 bits per heavy atom. The number of pyridine rings is 1. The highest BCUT2D eigenvalue weighted by Crippen LogP contribution is 2.35. The number of aliphatic hydroxyl groups is 1. The Balaban J connectivity index is 2.52. The summed E-state index contributed by atoms with van der Waals surface area (Å²) in [5.74, 6) is 0.0750. The highest BCUT2D eigenvalue weighted by Gasteiger charge is 2.50. The van der Waals surface area contributed by atoms with Crippen LogP contribution in [0.5, 0.6) is 5.75 Å². The van der Waals surface area contributed by atoms with Crippen molar-refractivity contribution < 1.29 is 36.2 Å². The average molecular weight is 432 g/mol. The van der Waals surface area contributed by atoms with Crippen LogP contribution in [0.25, 0.3) is 5.57 Å². The second kappa shape index (κ2) is 9.75. The Hall–Kier alpha value is -2.88. The monoisotopic (exact) mass is 432 g/mol. The summed E-state index contributed by atoms with van der Waals surface area (Å²) in [6.07, 6.45) is -7.95. The van der Waals surface area contributed by atoms with E-state index in [-0.39, 0.29) is 22.6 Å². The zero-order valence-electron chi connectivity index (χ0n) is 15.6. The largest absolute Gasteiger partial charge is 0.487 e. The van der Waals surface area contributed by atoms with Gasteiger partial charge in [-0.25, -0.2) is 26.3 Å². The van der Waals surface area contributed by atoms with Crippen LogP contribution in [0.3, 0.4) is 0 Å². The van der Waals surface area contributed by atoms with E-state index in [1.54, 1.807) is 12.1 Å². The number of hydrogen-bond donors (Lipinski definition) is 2. The lowest BCUT2D eigenvalue weighted by molar-refractivity contribution is -0.185. The molecule has 30 heavy (non-hydrogen) atoms. The third-order valence-corrected chi connectivity index (χ3v) is 4.05. The summed E-state index contributed by atoms with van der Waals surface area (Å²) in [5, 5.41) is 17.4. The Morgan fingerprint density at radius 1 is 1.10 bits per heavy atom. The first kappa shape index (κ1) is 23.4. The van der Waals surface area contributed by atoms with E-state index in [0.717, 1.165) is 18.3 Å². The van der Waals surface area contributed by atoms with Crippen LogP contribution in [0.4, 0.5) is 26.3 Å². The van der Waals surface area contributed by atoms with E-state index in [1.807, 2.05) is 0 Å². The van der Waals surface area contributed by atoms with Gasteiger partial charge in [0.25, 0.3) is 19.3 Å². The number of alkyl halides is 6. The van der Waals surface area contributed by atoms with E-state index in [4.69, 9.17) is 10.1 Å². The molecule has 1 aromatic carbocycles. The molecule has 0 saturated carbocycles. The first-order valence-corrected chi connectivity index (χ1v) is 8.60. The normalized spacial score (nSPS) is 12.7. The van der Waals surface area contributed by atoms with E-state index in [9.17, 15) is 31.4 Å². The zero-order chi connectivity index (χ0) is 22.5. The third-order valence-electron chi connectivity index (χ3n) is 4.05. The SMILES string of the molecule is CC(=N)/C=C(/c1ccc(C(O)(C(F)F)C(F)F)nc1)c1ccccc1OCC(F)F. The van der Waals surface area contributed by atoms with Gasteiger partial charge >= 0.3 is 0 Å². The van der Waals surface area contributed by atoms with Crippen LogP contribution in [0.15, 0.2) is 48.7 Å². The maximum atomic E-state index is 13.0. The molecule has 0 aliphatic rings. The van der Waals surface area contributed by atoms with Gasteiger partial charge in [0.1, 0.15) is 12.4 Å². The fourth-order valence-electron chi connectivity index (χ4n) is 2.61. The molecule has 0 radical (unpaired) electrons. The standard InChI is InChI=1S/C20H18F6N2O2/c1-11(27)8-14(13-4-2-3-5-15(13)30-10-17(21)22)12-6-7-16(28-9-12)20(29,18(23)24)19(25)26/h2-9,17-19,27,29H,10H2,1H3/b14-8-,27-11?. The van der Waals surface area contributed by atoms with Crippen molar-refractivity contribution in [1.29, 1.82) is 5.41 Å². The molecular weight excluding hydrogens is 414 g/mol. The van der Waals surface area contributed by atoms with Crippen molar-refractivity contribution in [3.05, 3.63) is 65.5 Å². The highest BCUT2D eigenvalue weighted by molar-refractivity contribution is 6.01. The Kier molecular flexibility index (Phi) is 7.60. The molecule has 0 saturated heterocycles. The molecule has 0 aliphatic heterocycles. The van der Waals surface area contributed by atoms with Crippen LogP contribution < -0.4 is 4.74 Å². The summed E-state index contributed by atoms with van der Waals surface area (Å²) in [6, 6.07) is 8.08. The molecule has 1 heterocycles. The van der Waals surface area contributed by atoms with Crippen molar-refractivity contribution in [1.82, 2.24) is 4.98 Å². The molecule has 2 rings (SSSR count). The van der Waals surface area contributed by atoms with Gasteiger partial charge in [0.2, 0.25) is 5.60 Å². The predicted octanol–water partition coefficient (Wildman–Crippen LogP) is 4.91. The number of ether oxygens (including phenoxy) is 1. The van der Waals surface area contributed by atoms with E-state index in [0.29, 0.717) is 5.56 Å². The van der Waals surface area contributed by atoms with E-state index >= 15 is 0 Å². The molecule has 4 nitrogen and oxygen atoms in total. The summed E-state index contributed by atoms with van der Waals surface area (Å²) in [5.41, 5.74) is -3.82. The van der Waals surface area contributed by atoms with Gasteiger partial charge < -0.3 is 15.3 Å². The molecule has 0 amide bonds. The van der Waals surface area contributed by atoms with E-state index in [1.165, 1.54) is 25.1 Å². The summed E-state index contributed by atoms with van der Waals surface area (Å²) in [6.45, 7) is 0.567. The minimum atomic E-state index is -3.78. The van der Waals surface area contributed by atoms with Crippen molar-refractivity contribution >= 4 is 11.3 Å². The third kappa shape index (κ3) is 5.18. The van der Waals surface area contributed by atoms with Crippen molar-refractivity contribution in [2.45, 2.75) is 31.8 Å². The lowest BCUT2D eigenvalue weighted by atomic mass is 9.94. The number of nitrogens with one attached hydrogen (secondary N) is 1. The molecule has 0 spiro atoms. The van der Waals surface area contributed by atoms with Crippen molar-refractivity contribution in [2.75, 3.05) is 6.61 Å². The van der Waals surface area contributed by atoms with Gasteiger partial charge in [-0.15, -0.1) is 0 Å². The van der Waals surface area contributed by atoms with Crippen LogP contribution >= 0.6 is 0 Å². The minimum Gasteiger partial charge on any atom is -0.487 e. The number of halogens is 6. The Labute approximate surface area is 168 Å². The molecule has 0 bridgehead atoms. The fraction of sp³-hybridized carbons (Fsp3) is 0.300. The van der Waals surface area contributed by atoms with Crippen LogP contribution in [-0.4, -0.2) is 41.7 Å². The number of para-hydroxylation sites is 1. The predicted molar refractivity (Wildman–Crippen MR) is 98.6 cm³/mol. The van der Waals surface area contributed by atoms with Gasteiger partial charge in [-0.05, 0) is 30.7 Å². The van der Waals surface area contributed by atoms with E-state index < -0.39 is 37.2 Å². The summed E-state index contributed by atoms with van der Waals surface area (Å²) in [4.78, 5) is 3.57. The quantitative estimate of drug-likeness (QED) is 0.437. The van der Waals surface area contributed by atoms with Gasteiger partial charge in [-0.3, -0.25) is 4.98 Å². The molecule has 2 aromatic rings. The molecule has 0 aliphatic carbocycles. The van der Waals surface area contributed by atoms with Crippen LogP contribution in [-0.2, 0) is 5.60 Å². The second-order valence-electron chi connectivity index (χ2n) is 6.30. The number of hydrogen-bond acceptors (Lipinski definition) is 4. The molecule has 10 heteroatoms. The maximum Gasteiger partial charge on any atom is 0.278 e. The zero-order valence-corrected chi connectivity index (χ0v) is 15.6. The number of aromatic nitrogens is 1. The van der Waals surface area contributed by atoms with Crippen LogP contribution in [0.2, 0.25) is 0 Å². The van der Waals surface area contributed by atoms with Crippen molar-refractivity contribution in [2.24, 2.45) is 0 Å². The van der Waals surface area contributed by atoms with Gasteiger partial charge in [-0.2, -0.15) is 0 Å². The first-order valence-electron chi connectivity index (χ1n) is 8.60. The molecule has 0 atom stereocenters. The van der Waals surface area contributed by atoms with Gasteiger partial charge in [0, 0.05) is 23.0 Å². The van der Waals surface area contributed by atoms with Gasteiger partial charge in [0.05, 0.1) is 5.69 Å². The smallest absolute Gasteiger partial charge is 0.278 e. The fourth-order valence-corrected chi connectivity index (χ4v) is 2.61. The molecule has 0 unspecified atom stereocenters. The van der Waals surface area contributed by atoms with Crippen LogP contribution in [0.1, 0.15) is 23.7 Å². The minimum absolute atomic E-state index is 0.0643. The van der Waals surface area contributed by atoms with Crippen molar-refractivity contribution in [3.63, 3.8) is 0 Å². The molecule has 2 N–H and O–H groups in total. The Morgan fingerprint density at radius 3 is 2.23 bits per heavy atom. The topological polar surface area (TPSA) is 66.2 Å². The second-order valence-corrected chi connectivity index (χ2v) is 6.30. The number of allylic oxidation sites excluding steroid dienone is 1. The number of nitrogens with zero attached hydrogens (tertiary/aromatic N) is 1. The number of rotatable bonds is 9. The van der Waals surface area contributed by atoms with Gasteiger partial charge in [-0.1, -0.05) is 24.3 Å². The number of benzene rings is 1. The highest BCUT2D eigenvalue weighted by atomic mass is 19.3. The lowest BCUT2D eigenvalue weighted by Gasteiger charge is -2.25. The first-order chi connectivity index (χ1) is 14.1. The molecular formula is C20H18F6N2O2. The summed E-state index contributed by atoms with van der Waals surface area (Å²) < 4.78 is 82.3. The van der Waals surface area contributed by atoms with E-state index in [2.05, 4.69) is 4.98 Å². The van der Waals surface area contributed by atoms with Crippen molar-refractivity contribution in [3.8, 4) is 5.75 Å². The average Bonchev–Trinajstić information content (AvgIpc) is 2.69. The molecule has 0 fully saturated rings. The summed E-state index contributed by atoms with van der Waals surface area (Å²) in [7, 11) is 0. The Bertz CT molecular complexity index is 892. The molecule has 1 aromatic heterocycles. The summed E-state index contributed by atoms with van der Waals surface area (Å²) >= 11 is 0.